The van der Waals surface area contributed by atoms with Gasteiger partial charge >= 0.3 is 0 Å². The van der Waals surface area contributed by atoms with Gasteiger partial charge in [0.1, 0.15) is 0 Å². The summed E-state index contributed by atoms with van der Waals surface area (Å²) in [5.41, 5.74) is 0. The largest absolute Gasteiger partial charge is 0.297 e. The molecule has 1 aliphatic rings. The molecule has 0 N–H and O–H groups in total. The molecule has 0 spiro atoms. The highest BCUT2D eigenvalue weighted by Crippen LogP contribution is 2.09. The molecule has 0 saturated carbocycles. The molecule has 1 rings (SSSR count). The molecule has 0 unspecified atom stereocenters. The van der Waals surface area contributed by atoms with Gasteiger partial charge in [-0.25, -0.2) is 0 Å². The lowest BCUT2D eigenvalue weighted by Gasteiger charge is -1.85. The molecule has 0 amide bonds. The Morgan fingerprint density at radius 3 is 2.75 bits per heavy atom. The van der Waals surface area contributed by atoms with Crippen LogP contribution in [-0.2, 0) is 4.79 Å². The van der Waals surface area contributed by atoms with Crippen LogP contribution in [0.4, 0.5) is 0 Å². The summed E-state index contributed by atoms with van der Waals surface area (Å²) in [6.45, 7) is 0.413. The maximum atomic E-state index is 10.5. The molecule has 2 nitrogen and oxygen atoms in total. The van der Waals surface area contributed by atoms with E-state index in [4.69, 9.17) is 0 Å². The number of Topliss-reactive ketones (excluding diaryl/α,β-unsaturated/α-hetero) is 1. The molecule has 0 aliphatic carbocycles. The smallest absolute Gasteiger partial charge is 0.160 e. The first-order chi connectivity index (χ1) is 3.83. The van der Waals surface area contributed by atoms with Crippen molar-refractivity contribution in [1.29, 1.82) is 0 Å². The van der Waals surface area contributed by atoms with Crippen LogP contribution in [0.2, 0.25) is 0 Å². The zero-order chi connectivity index (χ0) is 5.98. The topological polar surface area (TPSA) is 29.4 Å². The number of carbonyl (C=O) groups excluding carboxylic acids is 1. The van der Waals surface area contributed by atoms with Crippen molar-refractivity contribution in [3.63, 3.8) is 0 Å². The van der Waals surface area contributed by atoms with E-state index in [9.17, 15) is 4.79 Å². The SMILES string of the molecule is CSC1=NCC(=O)C1. The van der Waals surface area contributed by atoms with Crippen molar-refractivity contribution in [3.8, 4) is 0 Å². The Balaban J connectivity index is 2.49. The second-order valence-electron chi connectivity index (χ2n) is 1.63. The normalized spacial score (nSPS) is 19.1. The predicted molar refractivity (Wildman–Crippen MR) is 35.4 cm³/mol. The van der Waals surface area contributed by atoms with Gasteiger partial charge in [0.15, 0.2) is 5.78 Å². The van der Waals surface area contributed by atoms with Gasteiger partial charge in [-0.15, -0.1) is 11.8 Å². The average molecular weight is 129 g/mol. The van der Waals surface area contributed by atoms with E-state index in [0.717, 1.165) is 5.04 Å². The second kappa shape index (κ2) is 2.31. The van der Waals surface area contributed by atoms with Gasteiger partial charge in [0, 0.05) is 0 Å². The molecule has 0 radical (unpaired) electrons. The molecule has 0 bridgehead atoms. The lowest BCUT2D eigenvalue weighted by molar-refractivity contribution is -0.116. The van der Waals surface area contributed by atoms with E-state index < -0.39 is 0 Å². The van der Waals surface area contributed by atoms with Crippen molar-refractivity contribution in [2.75, 3.05) is 12.8 Å². The summed E-state index contributed by atoms with van der Waals surface area (Å²) in [5, 5.41) is 0.981. The molecule has 44 valence electrons. The molecule has 0 aromatic rings. The lowest BCUT2D eigenvalue weighted by Crippen LogP contribution is -1.95. The van der Waals surface area contributed by atoms with Crippen LogP contribution in [0.15, 0.2) is 4.99 Å². The lowest BCUT2D eigenvalue weighted by atomic mass is 10.3. The summed E-state index contributed by atoms with van der Waals surface area (Å²) in [4.78, 5) is 14.4. The molecule has 0 aromatic carbocycles. The molecule has 3 heteroatoms. The molecule has 0 saturated heterocycles. The van der Waals surface area contributed by atoms with Gasteiger partial charge in [0.25, 0.3) is 0 Å². The van der Waals surface area contributed by atoms with Gasteiger partial charge in [-0.3, -0.25) is 9.79 Å². The van der Waals surface area contributed by atoms with Gasteiger partial charge < -0.3 is 0 Å². The first-order valence-electron chi connectivity index (χ1n) is 2.42. The van der Waals surface area contributed by atoms with Crippen LogP contribution in [0.25, 0.3) is 0 Å². The molecule has 1 aliphatic heterocycles. The molecule has 8 heavy (non-hydrogen) atoms. The van der Waals surface area contributed by atoms with Crippen molar-refractivity contribution in [2.45, 2.75) is 6.42 Å². The second-order valence-corrected chi connectivity index (χ2v) is 2.51. The maximum Gasteiger partial charge on any atom is 0.160 e. The fourth-order valence-corrected chi connectivity index (χ4v) is 1.09. The number of hydrogen-bond donors (Lipinski definition) is 0. The first kappa shape index (κ1) is 5.82. The number of hydrogen-bond acceptors (Lipinski definition) is 3. The number of nitrogens with zero attached hydrogens (tertiary/aromatic N) is 1. The zero-order valence-corrected chi connectivity index (χ0v) is 5.49. The Hall–Kier alpha value is -0.310. The van der Waals surface area contributed by atoms with Crippen LogP contribution in [0.1, 0.15) is 6.42 Å². The molecular weight excluding hydrogens is 122 g/mol. The van der Waals surface area contributed by atoms with Gasteiger partial charge in [-0.2, -0.15) is 0 Å². The Kier molecular flexibility index (Phi) is 1.68. The van der Waals surface area contributed by atoms with Gasteiger partial charge in [0.2, 0.25) is 0 Å². The van der Waals surface area contributed by atoms with Gasteiger partial charge in [0.05, 0.1) is 18.0 Å². The summed E-state index contributed by atoms with van der Waals surface area (Å²) < 4.78 is 0. The fourth-order valence-electron chi connectivity index (χ4n) is 0.594. The third-order valence-electron chi connectivity index (χ3n) is 1.02. The highest BCUT2D eigenvalue weighted by Gasteiger charge is 2.12. The average Bonchev–Trinajstić information content (AvgIpc) is 2.14. The monoisotopic (exact) mass is 129 g/mol. The quantitative estimate of drug-likeness (QED) is 0.482. The molecule has 0 fully saturated rings. The van der Waals surface area contributed by atoms with E-state index in [1.165, 1.54) is 0 Å². The van der Waals surface area contributed by atoms with Crippen LogP contribution in [0.3, 0.4) is 0 Å². The van der Waals surface area contributed by atoms with Crippen LogP contribution in [-0.4, -0.2) is 23.6 Å². The van der Waals surface area contributed by atoms with Crippen molar-refractivity contribution in [2.24, 2.45) is 4.99 Å². The minimum atomic E-state index is 0.245. The Morgan fingerprint density at radius 2 is 2.50 bits per heavy atom. The highest BCUT2D eigenvalue weighted by molar-refractivity contribution is 8.13. The zero-order valence-electron chi connectivity index (χ0n) is 4.68. The third-order valence-corrected chi connectivity index (χ3v) is 1.76. The molecule has 1 heterocycles. The van der Waals surface area contributed by atoms with E-state index in [1.807, 2.05) is 6.26 Å². The Labute approximate surface area is 52.4 Å². The van der Waals surface area contributed by atoms with Crippen LogP contribution < -0.4 is 0 Å². The Bertz CT molecular complexity index is 141. The predicted octanol–water partition coefficient (Wildman–Crippen LogP) is 0.721. The minimum absolute atomic E-state index is 0.245. The minimum Gasteiger partial charge on any atom is -0.297 e. The van der Waals surface area contributed by atoms with Crippen molar-refractivity contribution in [3.05, 3.63) is 0 Å². The number of aliphatic imine (C=N–C) groups is 1. The van der Waals surface area contributed by atoms with Crippen LogP contribution >= 0.6 is 11.8 Å². The van der Waals surface area contributed by atoms with Crippen molar-refractivity contribution >= 4 is 22.6 Å². The standard InChI is InChI=1S/C5H7NOS/c1-8-5-2-4(7)3-6-5/h2-3H2,1H3. The summed E-state index contributed by atoms with van der Waals surface area (Å²) >= 11 is 1.57. The van der Waals surface area contributed by atoms with Crippen molar-refractivity contribution in [1.82, 2.24) is 0 Å². The summed E-state index contributed by atoms with van der Waals surface area (Å²) in [7, 11) is 0. The Morgan fingerprint density at radius 1 is 1.75 bits per heavy atom. The number of rotatable bonds is 0. The van der Waals surface area contributed by atoms with E-state index in [2.05, 4.69) is 4.99 Å². The van der Waals surface area contributed by atoms with E-state index in [-0.39, 0.29) is 5.78 Å². The van der Waals surface area contributed by atoms with Crippen LogP contribution in [0, 0.1) is 0 Å². The van der Waals surface area contributed by atoms with E-state index in [0.29, 0.717) is 13.0 Å². The maximum absolute atomic E-state index is 10.5. The highest BCUT2D eigenvalue weighted by atomic mass is 32.2. The van der Waals surface area contributed by atoms with E-state index >= 15 is 0 Å². The number of carbonyl (C=O) groups is 1. The number of thioether (sulfide) groups is 1. The molecular formula is C5H7NOS. The van der Waals surface area contributed by atoms with Gasteiger partial charge in [-0.1, -0.05) is 0 Å². The first-order valence-corrected chi connectivity index (χ1v) is 3.64. The summed E-state index contributed by atoms with van der Waals surface area (Å²) in [6, 6.07) is 0. The molecule has 0 aromatic heterocycles. The van der Waals surface area contributed by atoms with Crippen LogP contribution in [0.5, 0.6) is 0 Å². The fraction of sp³-hybridized carbons (Fsp3) is 0.600. The number of ketones is 1. The van der Waals surface area contributed by atoms with E-state index in [1.54, 1.807) is 11.8 Å². The molecule has 0 atom stereocenters. The summed E-state index contributed by atoms with van der Waals surface area (Å²) in [6.07, 6.45) is 2.51. The van der Waals surface area contributed by atoms with Gasteiger partial charge in [-0.05, 0) is 6.26 Å². The van der Waals surface area contributed by atoms with Crippen molar-refractivity contribution < 1.29 is 4.79 Å². The third kappa shape index (κ3) is 1.10. The summed E-state index contributed by atoms with van der Waals surface area (Å²) in [5.74, 6) is 0.245.